The Morgan fingerprint density at radius 2 is 1.88 bits per heavy atom. The molecule has 2 aliphatic heterocycles. The van der Waals surface area contributed by atoms with Crippen molar-refractivity contribution in [3.63, 3.8) is 0 Å². The normalized spacial score (nSPS) is 17.5. The highest BCUT2D eigenvalue weighted by molar-refractivity contribution is 5.85. The number of rotatable bonds is 4. The van der Waals surface area contributed by atoms with Crippen LogP contribution in [0.2, 0.25) is 0 Å². The highest BCUT2D eigenvalue weighted by Crippen LogP contribution is 2.44. The molecule has 0 saturated heterocycles. The smallest absolute Gasteiger partial charge is 0.162 e. The molecule has 4 nitrogen and oxygen atoms in total. The topological polar surface area (TPSA) is 37.5 Å². The van der Waals surface area contributed by atoms with Gasteiger partial charge in [-0.05, 0) is 65.8 Å². The first-order valence-electron chi connectivity index (χ1n) is 11.4. The number of H-pyrrole nitrogens is 1. The largest absolute Gasteiger partial charge is 0.493 e. The van der Waals surface area contributed by atoms with E-state index in [4.69, 9.17) is 9.47 Å². The Balaban J connectivity index is 1.36. The number of aromatic nitrogens is 1. The molecule has 6 rings (SSSR count). The molecule has 1 N–H and O–H groups in total. The van der Waals surface area contributed by atoms with Crippen molar-refractivity contribution in [2.24, 2.45) is 0 Å². The third kappa shape index (κ3) is 3.18. The molecule has 0 spiro atoms. The lowest BCUT2D eigenvalue weighted by atomic mass is 9.85. The first kappa shape index (κ1) is 19.4. The maximum absolute atomic E-state index is 6.32. The number of hydrogen-bond acceptors (Lipinski definition) is 3. The molecular weight excluding hydrogens is 396 g/mol. The van der Waals surface area contributed by atoms with Gasteiger partial charge in [0.25, 0.3) is 0 Å². The lowest BCUT2D eigenvalue weighted by Gasteiger charge is -2.40. The molecule has 3 heterocycles. The average Bonchev–Trinajstić information content (AvgIpc) is 3.19. The van der Waals surface area contributed by atoms with Crippen molar-refractivity contribution in [3.05, 3.63) is 94.2 Å². The molecule has 1 aromatic heterocycles. The fourth-order valence-corrected chi connectivity index (χ4v) is 5.41. The van der Waals surface area contributed by atoms with E-state index in [-0.39, 0.29) is 0 Å². The number of aryl methyl sites for hydroxylation is 1. The van der Waals surface area contributed by atoms with Crippen LogP contribution in [-0.4, -0.2) is 23.5 Å². The molecule has 162 valence electrons. The summed E-state index contributed by atoms with van der Waals surface area (Å²) < 4.78 is 12.0. The highest BCUT2D eigenvalue weighted by Gasteiger charge is 2.34. The van der Waals surface area contributed by atoms with Crippen LogP contribution < -0.4 is 9.47 Å². The number of nitrogens with one attached hydrogen (secondary N) is 1. The summed E-state index contributed by atoms with van der Waals surface area (Å²) in [5.41, 5.74) is 9.30. The molecule has 1 unspecified atom stereocenters. The minimum atomic E-state index is 0.372. The van der Waals surface area contributed by atoms with E-state index in [1.807, 2.05) is 0 Å². The highest BCUT2D eigenvalue weighted by atomic mass is 16.5. The van der Waals surface area contributed by atoms with Crippen LogP contribution in [0.5, 0.6) is 11.5 Å². The van der Waals surface area contributed by atoms with Gasteiger partial charge in [0.1, 0.15) is 6.61 Å². The molecule has 2 aliphatic rings. The summed E-state index contributed by atoms with van der Waals surface area (Å²) in [6.45, 7) is 4.71. The van der Waals surface area contributed by atoms with Gasteiger partial charge in [0.05, 0.1) is 7.11 Å². The van der Waals surface area contributed by atoms with Gasteiger partial charge in [0, 0.05) is 35.7 Å². The minimum absolute atomic E-state index is 0.372. The van der Waals surface area contributed by atoms with E-state index >= 15 is 0 Å². The summed E-state index contributed by atoms with van der Waals surface area (Å²) in [7, 11) is 1.73. The van der Waals surface area contributed by atoms with Gasteiger partial charge in [-0.3, -0.25) is 4.90 Å². The third-order valence-electron chi connectivity index (χ3n) is 7.20. The van der Waals surface area contributed by atoms with E-state index in [1.165, 1.54) is 44.4 Å². The fourth-order valence-electron chi connectivity index (χ4n) is 5.41. The number of para-hydroxylation sites is 1. The van der Waals surface area contributed by atoms with Crippen LogP contribution in [0, 0.1) is 6.92 Å². The van der Waals surface area contributed by atoms with Gasteiger partial charge in [-0.15, -0.1) is 0 Å². The van der Waals surface area contributed by atoms with Crippen molar-refractivity contribution in [1.82, 2.24) is 9.88 Å². The lowest BCUT2D eigenvalue weighted by molar-refractivity contribution is 0.158. The van der Waals surface area contributed by atoms with Gasteiger partial charge < -0.3 is 14.5 Å². The van der Waals surface area contributed by atoms with E-state index in [0.717, 1.165) is 37.4 Å². The quantitative estimate of drug-likeness (QED) is 0.455. The Labute approximate surface area is 188 Å². The molecule has 0 bridgehead atoms. The second kappa shape index (κ2) is 7.72. The predicted molar refractivity (Wildman–Crippen MR) is 127 cm³/mol. The first-order valence-corrected chi connectivity index (χ1v) is 11.4. The van der Waals surface area contributed by atoms with E-state index in [2.05, 4.69) is 77.5 Å². The summed E-state index contributed by atoms with van der Waals surface area (Å²) in [4.78, 5) is 6.27. The van der Waals surface area contributed by atoms with E-state index in [9.17, 15) is 0 Å². The second-order valence-corrected chi connectivity index (χ2v) is 8.99. The number of nitrogens with zero attached hydrogens (tertiary/aromatic N) is 1. The number of aromatic amines is 1. The van der Waals surface area contributed by atoms with Gasteiger partial charge in [0.2, 0.25) is 0 Å². The predicted octanol–water partition coefficient (Wildman–Crippen LogP) is 5.72. The number of hydrogen-bond donors (Lipinski definition) is 1. The molecule has 4 aromatic rings. The number of ether oxygens (including phenoxy) is 2. The molecule has 1 atom stereocenters. The molecule has 4 heteroatoms. The monoisotopic (exact) mass is 424 g/mol. The maximum Gasteiger partial charge on any atom is 0.162 e. The van der Waals surface area contributed by atoms with Gasteiger partial charge in [-0.25, -0.2) is 0 Å². The average molecular weight is 425 g/mol. The van der Waals surface area contributed by atoms with Gasteiger partial charge in [0.15, 0.2) is 11.5 Å². The Morgan fingerprint density at radius 3 is 2.75 bits per heavy atom. The van der Waals surface area contributed by atoms with E-state index < -0.39 is 0 Å². The van der Waals surface area contributed by atoms with Crippen LogP contribution in [-0.2, 0) is 26.0 Å². The number of methoxy groups -OCH3 is 1. The fraction of sp³-hybridized carbons (Fsp3) is 0.286. The molecule has 0 fully saturated rings. The lowest BCUT2D eigenvalue weighted by Crippen LogP contribution is -2.39. The number of fused-ring (bicyclic) bond motifs is 6. The SMILES string of the molecule is COc1cc2c(cc1OCc1ccccc1C)C1Cc3c([nH]c4ccccc34)CN1CC2. The Hall–Kier alpha value is -3.24. The van der Waals surface area contributed by atoms with Crippen LogP contribution in [0.4, 0.5) is 0 Å². The molecule has 32 heavy (non-hydrogen) atoms. The van der Waals surface area contributed by atoms with Crippen LogP contribution in [0.15, 0.2) is 60.7 Å². The van der Waals surface area contributed by atoms with Crippen molar-refractivity contribution in [2.45, 2.75) is 39.0 Å². The molecule has 3 aromatic carbocycles. The third-order valence-corrected chi connectivity index (χ3v) is 7.20. The standard InChI is InChI=1S/C28H28N2O2/c1-18-7-3-4-8-20(18)17-32-28-15-22-19(13-27(28)31-2)11-12-30-16-25-23(14-26(22)30)21-9-5-6-10-24(21)29-25/h3-10,13,15,26,29H,11-12,14,16-17H2,1-2H3. The van der Waals surface area contributed by atoms with Crippen LogP contribution >= 0.6 is 0 Å². The minimum Gasteiger partial charge on any atom is -0.493 e. The first-order chi connectivity index (χ1) is 15.7. The van der Waals surface area contributed by atoms with Gasteiger partial charge in [-0.2, -0.15) is 0 Å². The van der Waals surface area contributed by atoms with Gasteiger partial charge >= 0.3 is 0 Å². The van der Waals surface area contributed by atoms with Crippen molar-refractivity contribution in [1.29, 1.82) is 0 Å². The van der Waals surface area contributed by atoms with Crippen molar-refractivity contribution in [2.75, 3.05) is 13.7 Å². The van der Waals surface area contributed by atoms with Crippen molar-refractivity contribution in [3.8, 4) is 11.5 Å². The van der Waals surface area contributed by atoms with Crippen molar-refractivity contribution >= 4 is 10.9 Å². The van der Waals surface area contributed by atoms with E-state index in [0.29, 0.717) is 12.6 Å². The second-order valence-electron chi connectivity index (χ2n) is 8.99. The van der Waals surface area contributed by atoms with E-state index in [1.54, 1.807) is 7.11 Å². The summed E-state index contributed by atoms with van der Waals surface area (Å²) in [5, 5.41) is 1.36. The molecule has 0 amide bonds. The summed E-state index contributed by atoms with van der Waals surface area (Å²) in [5.74, 6) is 1.66. The summed E-state index contributed by atoms with van der Waals surface area (Å²) in [6.07, 6.45) is 2.06. The van der Waals surface area contributed by atoms with Crippen LogP contribution in [0.25, 0.3) is 10.9 Å². The van der Waals surface area contributed by atoms with Crippen molar-refractivity contribution < 1.29 is 9.47 Å². The number of benzene rings is 3. The Morgan fingerprint density at radius 1 is 1.03 bits per heavy atom. The van der Waals surface area contributed by atoms with Crippen LogP contribution in [0.3, 0.4) is 0 Å². The Kier molecular flexibility index (Phi) is 4.69. The molecule has 0 saturated carbocycles. The summed E-state index contributed by atoms with van der Waals surface area (Å²) >= 11 is 0. The van der Waals surface area contributed by atoms with Gasteiger partial charge in [-0.1, -0.05) is 42.5 Å². The zero-order chi connectivity index (χ0) is 21.7. The van der Waals surface area contributed by atoms with Crippen LogP contribution in [0.1, 0.15) is 39.6 Å². The molecule has 0 radical (unpaired) electrons. The summed E-state index contributed by atoms with van der Waals surface area (Å²) in [6, 6.07) is 21.9. The zero-order valence-corrected chi connectivity index (χ0v) is 18.7. The Bertz CT molecular complexity index is 1310. The zero-order valence-electron chi connectivity index (χ0n) is 18.7. The molecular formula is C28H28N2O2. The molecule has 0 aliphatic carbocycles. The maximum atomic E-state index is 6.32.